The number of carbonyl (C=O) groups excluding carboxylic acids is 1. The van der Waals surface area contributed by atoms with E-state index in [0.717, 1.165) is 5.56 Å². The van der Waals surface area contributed by atoms with Crippen molar-refractivity contribution in [1.29, 1.82) is 0 Å². The van der Waals surface area contributed by atoms with E-state index in [4.69, 9.17) is 10.5 Å². The molecule has 0 atom stereocenters. The molecule has 2 aromatic heterocycles. The van der Waals surface area contributed by atoms with Crippen molar-refractivity contribution in [2.75, 3.05) is 12.3 Å². The second-order valence-corrected chi connectivity index (χ2v) is 7.65. The van der Waals surface area contributed by atoms with Gasteiger partial charge in [-0.3, -0.25) is 14.8 Å². The molecule has 0 spiro atoms. The molecule has 3 rings (SSSR count). The van der Waals surface area contributed by atoms with Crippen LogP contribution in [0.25, 0.3) is 10.9 Å². The van der Waals surface area contributed by atoms with E-state index in [2.05, 4.69) is 15.3 Å². The number of ether oxygens (including phenoxy) is 1. The first-order chi connectivity index (χ1) is 14.2. The van der Waals surface area contributed by atoms with Crippen LogP contribution in [0.1, 0.15) is 35.5 Å². The highest BCUT2D eigenvalue weighted by Gasteiger charge is 2.29. The van der Waals surface area contributed by atoms with Crippen LogP contribution in [0.15, 0.2) is 42.7 Å². The van der Waals surface area contributed by atoms with Gasteiger partial charge >= 0.3 is 5.97 Å². The Morgan fingerprint density at radius 2 is 1.90 bits per heavy atom. The molecule has 1 aromatic carbocycles. The number of aromatic carboxylic acids is 1. The molecule has 0 aliphatic rings. The summed E-state index contributed by atoms with van der Waals surface area (Å²) in [5.74, 6) is -0.937. The molecule has 1 amide bonds. The Morgan fingerprint density at radius 1 is 1.20 bits per heavy atom. The molecule has 156 valence electrons. The molecular weight excluding hydrogens is 384 g/mol. The Labute approximate surface area is 174 Å². The summed E-state index contributed by atoms with van der Waals surface area (Å²) in [6.07, 6.45) is 3.34. The number of carboxylic acid groups (broad SMARTS) is 1. The lowest BCUT2D eigenvalue weighted by Crippen LogP contribution is -2.40. The summed E-state index contributed by atoms with van der Waals surface area (Å²) >= 11 is 0. The van der Waals surface area contributed by atoms with Gasteiger partial charge in [-0.2, -0.15) is 0 Å². The number of nitrogen functional groups attached to an aromatic ring is 1. The summed E-state index contributed by atoms with van der Waals surface area (Å²) in [6.45, 7) is 5.60. The lowest BCUT2D eigenvalue weighted by Gasteiger charge is -2.24. The van der Waals surface area contributed by atoms with Crippen molar-refractivity contribution in [2.24, 2.45) is 5.41 Å². The van der Waals surface area contributed by atoms with Gasteiger partial charge in [0.15, 0.2) is 0 Å². The molecule has 0 aliphatic heterocycles. The molecule has 3 aromatic rings. The molecule has 30 heavy (non-hydrogen) atoms. The number of carboxylic acids is 1. The standard InChI is InChI=1S/C22H24N4O4/c1-13-17(20(27)28)19(23)18-15(26-13)5-4-6-16(18)30-12-22(2,3)21(29)25-11-14-7-9-24-10-8-14/h4-10H,11-12H2,1-3H3,(H2,23,26)(H,25,29)(H,27,28). The number of nitrogens with zero attached hydrogens (tertiary/aromatic N) is 2. The molecule has 0 bridgehead atoms. The fourth-order valence-electron chi connectivity index (χ4n) is 3.08. The number of nitrogens with one attached hydrogen (secondary N) is 1. The van der Waals surface area contributed by atoms with Gasteiger partial charge in [-0.15, -0.1) is 0 Å². The van der Waals surface area contributed by atoms with Crippen molar-refractivity contribution in [3.05, 3.63) is 59.5 Å². The monoisotopic (exact) mass is 408 g/mol. The van der Waals surface area contributed by atoms with Gasteiger partial charge in [-0.25, -0.2) is 4.79 Å². The van der Waals surface area contributed by atoms with Gasteiger partial charge in [0.2, 0.25) is 5.91 Å². The van der Waals surface area contributed by atoms with Crippen molar-refractivity contribution in [3.8, 4) is 5.75 Å². The van der Waals surface area contributed by atoms with E-state index in [1.54, 1.807) is 51.4 Å². The van der Waals surface area contributed by atoms with E-state index in [0.29, 0.717) is 28.9 Å². The molecule has 8 nitrogen and oxygen atoms in total. The predicted molar refractivity (Wildman–Crippen MR) is 113 cm³/mol. The summed E-state index contributed by atoms with van der Waals surface area (Å²) in [5, 5.41) is 12.8. The topological polar surface area (TPSA) is 127 Å². The minimum atomic E-state index is -1.15. The number of aryl methyl sites for hydroxylation is 1. The van der Waals surface area contributed by atoms with E-state index in [-0.39, 0.29) is 23.8 Å². The normalized spacial score (nSPS) is 11.3. The van der Waals surface area contributed by atoms with Gasteiger partial charge in [0.05, 0.1) is 27.7 Å². The van der Waals surface area contributed by atoms with E-state index < -0.39 is 11.4 Å². The van der Waals surface area contributed by atoms with E-state index in [1.807, 2.05) is 12.1 Å². The minimum Gasteiger partial charge on any atom is -0.492 e. The number of amides is 1. The van der Waals surface area contributed by atoms with E-state index in [1.165, 1.54) is 0 Å². The lowest BCUT2D eigenvalue weighted by atomic mass is 9.93. The zero-order valence-corrected chi connectivity index (χ0v) is 17.1. The van der Waals surface area contributed by atoms with Crippen molar-refractivity contribution >= 4 is 28.5 Å². The second kappa shape index (κ2) is 8.36. The van der Waals surface area contributed by atoms with Crippen molar-refractivity contribution in [3.63, 3.8) is 0 Å². The van der Waals surface area contributed by atoms with Crippen LogP contribution in [0.2, 0.25) is 0 Å². The van der Waals surface area contributed by atoms with Crippen LogP contribution in [-0.4, -0.2) is 33.6 Å². The largest absolute Gasteiger partial charge is 0.492 e. The summed E-state index contributed by atoms with van der Waals surface area (Å²) in [7, 11) is 0. The van der Waals surface area contributed by atoms with Crippen LogP contribution >= 0.6 is 0 Å². The number of benzene rings is 1. The third-order valence-electron chi connectivity index (χ3n) is 4.81. The molecule has 0 aliphatic carbocycles. The number of carbonyl (C=O) groups is 2. The van der Waals surface area contributed by atoms with E-state index >= 15 is 0 Å². The smallest absolute Gasteiger partial charge is 0.339 e. The summed E-state index contributed by atoms with van der Waals surface area (Å²) < 4.78 is 5.93. The fourth-order valence-corrected chi connectivity index (χ4v) is 3.08. The number of aromatic nitrogens is 2. The first-order valence-corrected chi connectivity index (χ1v) is 9.43. The molecule has 4 N–H and O–H groups in total. The molecule has 2 heterocycles. The maximum atomic E-state index is 12.7. The van der Waals surface area contributed by atoms with Gasteiger partial charge < -0.3 is 20.9 Å². The zero-order chi connectivity index (χ0) is 21.9. The van der Waals surface area contributed by atoms with Gasteiger partial charge in [0.1, 0.15) is 17.9 Å². The number of fused-ring (bicyclic) bond motifs is 1. The number of rotatable bonds is 7. The summed E-state index contributed by atoms with van der Waals surface area (Å²) in [5.41, 5.74) is 7.17. The van der Waals surface area contributed by atoms with Gasteiger partial charge in [-0.05, 0) is 50.6 Å². The first-order valence-electron chi connectivity index (χ1n) is 9.43. The van der Waals surface area contributed by atoms with Crippen LogP contribution < -0.4 is 15.8 Å². The fraction of sp³-hybridized carbons (Fsp3) is 0.273. The Morgan fingerprint density at radius 3 is 2.57 bits per heavy atom. The number of hydrogen-bond donors (Lipinski definition) is 3. The van der Waals surface area contributed by atoms with E-state index in [9.17, 15) is 14.7 Å². The maximum absolute atomic E-state index is 12.7. The molecule has 0 unspecified atom stereocenters. The van der Waals surface area contributed by atoms with Crippen LogP contribution in [0, 0.1) is 12.3 Å². The van der Waals surface area contributed by atoms with Crippen LogP contribution in [-0.2, 0) is 11.3 Å². The lowest BCUT2D eigenvalue weighted by molar-refractivity contribution is -0.131. The minimum absolute atomic E-state index is 0.0482. The van der Waals surface area contributed by atoms with Crippen LogP contribution in [0.4, 0.5) is 5.69 Å². The second-order valence-electron chi connectivity index (χ2n) is 7.65. The number of anilines is 1. The number of hydrogen-bond acceptors (Lipinski definition) is 6. The van der Waals surface area contributed by atoms with Crippen molar-refractivity contribution in [2.45, 2.75) is 27.3 Å². The van der Waals surface area contributed by atoms with Crippen LogP contribution in [0.3, 0.4) is 0 Å². The Bertz CT molecular complexity index is 1100. The molecule has 0 saturated heterocycles. The molecule has 0 radical (unpaired) electrons. The zero-order valence-electron chi connectivity index (χ0n) is 17.1. The Kier molecular flexibility index (Phi) is 5.86. The Balaban J connectivity index is 1.79. The Hall–Kier alpha value is -3.68. The number of nitrogens with two attached hydrogens (primary N) is 1. The quantitative estimate of drug-likeness (QED) is 0.548. The third-order valence-corrected chi connectivity index (χ3v) is 4.81. The summed E-state index contributed by atoms with van der Waals surface area (Å²) in [6, 6.07) is 8.84. The third kappa shape index (κ3) is 4.32. The first kappa shape index (κ1) is 21.0. The highest BCUT2D eigenvalue weighted by molar-refractivity contribution is 6.06. The average Bonchev–Trinajstić information content (AvgIpc) is 2.70. The highest BCUT2D eigenvalue weighted by Crippen LogP contribution is 2.34. The maximum Gasteiger partial charge on any atom is 0.339 e. The molecule has 0 fully saturated rings. The highest BCUT2D eigenvalue weighted by atomic mass is 16.5. The predicted octanol–water partition coefficient (Wildman–Crippen LogP) is 2.94. The molecule has 0 saturated carbocycles. The van der Waals surface area contributed by atoms with Gasteiger partial charge in [0, 0.05) is 18.9 Å². The van der Waals surface area contributed by atoms with Gasteiger partial charge in [-0.1, -0.05) is 6.07 Å². The van der Waals surface area contributed by atoms with Crippen molar-refractivity contribution < 1.29 is 19.4 Å². The number of pyridine rings is 2. The molecular formula is C22H24N4O4. The summed E-state index contributed by atoms with van der Waals surface area (Å²) in [4.78, 5) is 32.5. The van der Waals surface area contributed by atoms with Crippen molar-refractivity contribution in [1.82, 2.24) is 15.3 Å². The van der Waals surface area contributed by atoms with Crippen LogP contribution in [0.5, 0.6) is 5.75 Å². The van der Waals surface area contributed by atoms with Gasteiger partial charge in [0.25, 0.3) is 0 Å². The SMILES string of the molecule is Cc1nc2cccc(OCC(C)(C)C(=O)NCc3ccncc3)c2c(N)c1C(=O)O. The molecule has 8 heteroatoms. The average molecular weight is 408 g/mol.